The van der Waals surface area contributed by atoms with E-state index in [9.17, 15) is 18.0 Å². The Morgan fingerprint density at radius 1 is 0.952 bits per heavy atom. The van der Waals surface area contributed by atoms with Gasteiger partial charge in [0.2, 0.25) is 0 Å². The Bertz CT molecular complexity index is 626. The van der Waals surface area contributed by atoms with Crippen LogP contribution in [0.15, 0.2) is 47.4 Å². The highest BCUT2D eigenvalue weighted by Gasteiger charge is 2.07. The van der Waals surface area contributed by atoms with Crippen molar-refractivity contribution in [1.82, 2.24) is 0 Å². The lowest BCUT2D eigenvalue weighted by atomic mass is 10.1. The van der Waals surface area contributed by atoms with Crippen LogP contribution in [-0.4, -0.2) is 11.5 Å². The van der Waals surface area contributed by atoms with Crippen LogP contribution in [0.25, 0.3) is 0 Å². The number of carbonyl (C=O) groups is 1. The van der Waals surface area contributed by atoms with Gasteiger partial charge in [-0.3, -0.25) is 4.79 Å². The molecule has 1 nitrogen and oxygen atoms in total. The Labute approximate surface area is 125 Å². The van der Waals surface area contributed by atoms with Crippen LogP contribution in [0.4, 0.5) is 13.2 Å². The first-order chi connectivity index (χ1) is 10.1. The molecule has 0 spiro atoms. The summed E-state index contributed by atoms with van der Waals surface area (Å²) >= 11 is 1.17. The van der Waals surface area contributed by atoms with E-state index in [0.717, 1.165) is 18.2 Å². The fraction of sp³-hybridized carbons (Fsp3) is 0.188. The van der Waals surface area contributed by atoms with Gasteiger partial charge in [0.05, 0.1) is 0 Å². The van der Waals surface area contributed by atoms with Crippen LogP contribution in [0.5, 0.6) is 0 Å². The molecule has 2 aromatic rings. The second kappa shape index (κ2) is 7.31. The van der Waals surface area contributed by atoms with Crippen LogP contribution in [0.1, 0.15) is 23.2 Å². The summed E-state index contributed by atoms with van der Waals surface area (Å²) in [6, 6.07) is 8.66. The van der Waals surface area contributed by atoms with Gasteiger partial charge in [-0.25, -0.2) is 13.2 Å². The largest absolute Gasteiger partial charge is 0.294 e. The van der Waals surface area contributed by atoms with Crippen molar-refractivity contribution >= 4 is 17.5 Å². The van der Waals surface area contributed by atoms with Crippen molar-refractivity contribution in [2.24, 2.45) is 0 Å². The molecule has 0 radical (unpaired) electrons. The van der Waals surface area contributed by atoms with Crippen LogP contribution < -0.4 is 0 Å². The van der Waals surface area contributed by atoms with Crippen molar-refractivity contribution in [1.29, 1.82) is 0 Å². The fourth-order valence-corrected chi connectivity index (χ4v) is 2.69. The van der Waals surface area contributed by atoms with Gasteiger partial charge in [0.1, 0.15) is 17.5 Å². The van der Waals surface area contributed by atoms with Crippen molar-refractivity contribution in [3.05, 3.63) is 65.5 Å². The fourth-order valence-electron chi connectivity index (χ4n) is 1.78. The number of hydrogen-bond acceptors (Lipinski definition) is 2. The van der Waals surface area contributed by atoms with Crippen molar-refractivity contribution < 1.29 is 18.0 Å². The third-order valence-electron chi connectivity index (χ3n) is 2.87. The minimum Gasteiger partial charge on any atom is -0.294 e. The maximum Gasteiger partial charge on any atom is 0.162 e. The third-order valence-corrected chi connectivity index (χ3v) is 3.98. The first-order valence-corrected chi connectivity index (χ1v) is 7.41. The van der Waals surface area contributed by atoms with Crippen LogP contribution >= 0.6 is 11.8 Å². The quantitative estimate of drug-likeness (QED) is 0.430. The summed E-state index contributed by atoms with van der Waals surface area (Å²) in [7, 11) is 0. The van der Waals surface area contributed by atoms with E-state index in [1.54, 1.807) is 0 Å². The zero-order chi connectivity index (χ0) is 15.2. The molecule has 0 aliphatic carbocycles. The zero-order valence-corrected chi connectivity index (χ0v) is 11.9. The minimum atomic E-state index is -0.485. The lowest BCUT2D eigenvalue weighted by Crippen LogP contribution is -1.99. The van der Waals surface area contributed by atoms with Gasteiger partial charge in [-0.05, 0) is 54.6 Å². The Kier molecular flexibility index (Phi) is 5.44. The molecule has 2 rings (SSSR count). The summed E-state index contributed by atoms with van der Waals surface area (Å²) in [5.41, 5.74) is 0.457. The molecule has 0 unspecified atom stereocenters. The molecule has 0 fully saturated rings. The van der Waals surface area contributed by atoms with E-state index in [4.69, 9.17) is 0 Å². The summed E-state index contributed by atoms with van der Waals surface area (Å²) in [6.07, 6.45) is 0.826. The Balaban J connectivity index is 1.80. The highest BCUT2D eigenvalue weighted by Crippen LogP contribution is 2.24. The monoisotopic (exact) mass is 310 g/mol. The first-order valence-electron chi connectivity index (χ1n) is 6.43. The molecule has 0 bridgehead atoms. The van der Waals surface area contributed by atoms with E-state index in [-0.39, 0.29) is 22.9 Å². The van der Waals surface area contributed by atoms with E-state index < -0.39 is 11.6 Å². The molecule has 0 N–H and O–H groups in total. The van der Waals surface area contributed by atoms with Gasteiger partial charge in [0.25, 0.3) is 0 Å². The van der Waals surface area contributed by atoms with Crippen LogP contribution in [0.2, 0.25) is 0 Å². The molecular formula is C16H13F3OS. The highest BCUT2D eigenvalue weighted by molar-refractivity contribution is 7.99. The first kappa shape index (κ1) is 15.6. The molecule has 0 saturated carbocycles. The van der Waals surface area contributed by atoms with Gasteiger partial charge >= 0.3 is 0 Å². The van der Waals surface area contributed by atoms with Crippen molar-refractivity contribution in [3.8, 4) is 0 Å². The number of carbonyl (C=O) groups excluding carboxylic acids is 1. The maximum atomic E-state index is 13.4. The number of benzene rings is 2. The second-order valence-electron chi connectivity index (χ2n) is 4.46. The van der Waals surface area contributed by atoms with Crippen molar-refractivity contribution in [3.63, 3.8) is 0 Å². The van der Waals surface area contributed by atoms with Crippen molar-refractivity contribution in [2.45, 2.75) is 17.7 Å². The molecule has 0 heterocycles. The predicted molar refractivity (Wildman–Crippen MR) is 77.0 cm³/mol. The summed E-state index contributed by atoms with van der Waals surface area (Å²) in [4.78, 5) is 12.1. The molecule has 21 heavy (non-hydrogen) atoms. The maximum absolute atomic E-state index is 13.4. The second-order valence-corrected chi connectivity index (χ2v) is 5.59. The van der Waals surface area contributed by atoms with Gasteiger partial charge in [0.15, 0.2) is 5.78 Å². The summed E-state index contributed by atoms with van der Waals surface area (Å²) in [5.74, 6) is -0.917. The van der Waals surface area contributed by atoms with Crippen molar-refractivity contribution in [2.75, 3.05) is 5.75 Å². The summed E-state index contributed by atoms with van der Waals surface area (Å²) in [6.45, 7) is 0. The number of thioether (sulfide) groups is 1. The topological polar surface area (TPSA) is 17.1 Å². The van der Waals surface area contributed by atoms with E-state index in [1.807, 2.05) is 0 Å². The minimum absolute atomic E-state index is 0.0877. The van der Waals surface area contributed by atoms with Gasteiger partial charge in [-0.1, -0.05) is 0 Å². The van der Waals surface area contributed by atoms with Crippen LogP contribution in [-0.2, 0) is 0 Å². The number of Topliss-reactive ketones (excluding diaryl/α,β-unsaturated/α-hetero) is 1. The average Bonchev–Trinajstić information content (AvgIpc) is 2.47. The molecule has 0 aromatic heterocycles. The third kappa shape index (κ3) is 4.63. The lowest BCUT2D eigenvalue weighted by molar-refractivity contribution is 0.0982. The normalized spacial score (nSPS) is 10.6. The molecule has 0 amide bonds. The number of rotatable bonds is 6. The molecular weight excluding hydrogens is 297 g/mol. The molecule has 0 atom stereocenters. The van der Waals surface area contributed by atoms with Gasteiger partial charge in [-0.15, -0.1) is 11.8 Å². The Morgan fingerprint density at radius 2 is 1.62 bits per heavy atom. The summed E-state index contributed by atoms with van der Waals surface area (Å²) < 4.78 is 39.1. The molecule has 2 aromatic carbocycles. The van der Waals surface area contributed by atoms with Crippen LogP contribution in [0, 0.1) is 17.5 Å². The average molecular weight is 310 g/mol. The van der Waals surface area contributed by atoms with E-state index in [2.05, 4.69) is 0 Å². The zero-order valence-electron chi connectivity index (χ0n) is 11.1. The highest BCUT2D eigenvalue weighted by atomic mass is 32.2. The Morgan fingerprint density at radius 3 is 2.33 bits per heavy atom. The Hall–Kier alpha value is -1.75. The summed E-state index contributed by atoms with van der Waals surface area (Å²) in [5, 5.41) is 0. The number of hydrogen-bond donors (Lipinski definition) is 0. The molecule has 0 saturated heterocycles. The van der Waals surface area contributed by atoms with E-state index >= 15 is 0 Å². The lowest BCUT2D eigenvalue weighted by Gasteiger charge is -2.04. The number of ketones is 1. The smallest absolute Gasteiger partial charge is 0.162 e. The number of halogens is 3. The SMILES string of the molecule is O=C(CCCSc1cc(F)ccc1F)c1ccc(F)cc1. The molecule has 5 heteroatoms. The predicted octanol–water partition coefficient (Wildman–Crippen LogP) is 4.86. The van der Waals surface area contributed by atoms with Gasteiger partial charge in [0, 0.05) is 16.9 Å². The standard InChI is InChI=1S/C16H13F3OS/c17-12-5-3-11(4-6-12)15(20)2-1-9-21-16-10-13(18)7-8-14(16)19/h3-8,10H,1-2,9H2. The van der Waals surface area contributed by atoms with Gasteiger partial charge in [-0.2, -0.15) is 0 Å². The molecule has 0 aliphatic rings. The molecule has 0 aliphatic heterocycles. The molecule has 110 valence electrons. The van der Waals surface area contributed by atoms with E-state index in [1.165, 1.54) is 36.0 Å². The van der Waals surface area contributed by atoms with Crippen LogP contribution in [0.3, 0.4) is 0 Å². The van der Waals surface area contributed by atoms with E-state index in [0.29, 0.717) is 17.7 Å². The van der Waals surface area contributed by atoms with Gasteiger partial charge < -0.3 is 0 Å².